The third kappa shape index (κ3) is 4.27. The summed E-state index contributed by atoms with van der Waals surface area (Å²) in [5.74, 6) is -0.295. The molecule has 0 fully saturated rings. The van der Waals surface area contributed by atoms with E-state index in [9.17, 15) is 9.59 Å². The third-order valence-corrected chi connectivity index (χ3v) is 4.02. The quantitative estimate of drug-likeness (QED) is 0.864. The minimum Gasteiger partial charge on any atom is -0.326 e. The molecule has 0 spiro atoms. The zero-order chi connectivity index (χ0) is 16.1. The molecule has 23 heavy (non-hydrogen) atoms. The second kappa shape index (κ2) is 7.20. The fourth-order valence-electron chi connectivity index (χ4n) is 2.90. The summed E-state index contributed by atoms with van der Waals surface area (Å²) in [6.45, 7) is 1.97. The number of carbonyl (C=O) groups is 2. The minimum atomic E-state index is -0.251. The number of nitrogens with one attached hydrogen (secondary N) is 1. The van der Waals surface area contributed by atoms with E-state index in [4.69, 9.17) is 0 Å². The van der Waals surface area contributed by atoms with Crippen molar-refractivity contribution in [2.24, 2.45) is 0 Å². The summed E-state index contributed by atoms with van der Waals surface area (Å²) in [5, 5.41) is 2.75. The molecule has 4 heteroatoms. The number of Topliss-reactive ketones (excluding diaryl/α,β-unsaturated/α-hetero) is 1. The molecule has 0 aliphatic carbocycles. The van der Waals surface area contributed by atoms with Crippen molar-refractivity contribution >= 4 is 17.4 Å². The zero-order valence-electron chi connectivity index (χ0n) is 13.0. The monoisotopic (exact) mass is 308 g/mol. The Morgan fingerprint density at radius 3 is 2.43 bits per heavy atom. The van der Waals surface area contributed by atoms with Crippen LogP contribution in [0.15, 0.2) is 54.6 Å². The van der Waals surface area contributed by atoms with Crippen LogP contribution >= 0.6 is 0 Å². The molecule has 0 saturated heterocycles. The van der Waals surface area contributed by atoms with Gasteiger partial charge in [-0.2, -0.15) is 0 Å². The molecule has 3 rings (SSSR count). The lowest BCUT2D eigenvalue weighted by atomic mass is 10.00. The Morgan fingerprint density at radius 2 is 1.65 bits per heavy atom. The van der Waals surface area contributed by atoms with Gasteiger partial charge in [0, 0.05) is 18.8 Å². The molecule has 1 aliphatic rings. The van der Waals surface area contributed by atoms with Gasteiger partial charge in [0.1, 0.15) is 0 Å². The van der Waals surface area contributed by atoms with Crippen LogP contribution in [0.3, 0.4) is 0 Å². The second-order valence-electron chi connectivity index (χ2n) is 5.86. The van der Waals surface area contributed by atoms with Gasteiger partial charge in [0.05, 0.1) is 13.0 Å². The summed E-state index contributed by atoms with van der Waals surface area (Å²) in [7, 11) is 0. The normalized spacial score (nSPS) is 14.1. The molecule has 1 amide bonds. The highest BCUT2D eigenvalue weighted by Gasteiger charge is 2.19. The van der Waals surface area contributed by atoms with Crippen molar-refractivity contribution in [3.63, 3.8) is 0 Å². The highest BCUT2D eigenvalue weighted by Crippen LogP contribution is 2.18. The van der Waals surface area contributed by atoms with E-state index < -0.39 is 0 Å². The SMILES string of the molecule is O=C(CC(=O)Nc1ccccc1)CN1CCc2ccccc2C1. The average molecular weight is 308 g/mol. The maximum Gasteiger partial charge on any atom is 0.231 e. The third-order valence-electron chi connectivity index (χ3n) is 4.02. The van der Waals surface area contributed by atoms with Crippen molar-refractivity contribution in [2.75, 3.05) is 18.4 Å². The smallest absolute Gasteiger partial charge is 0.231 e. The zero-order valence-corrected chi connectivity index (χ0v) is 13.0. The minimum absolute atomic E-state index is 0.0437. The number of rotatable bonds is 5. The number of anilines is 1. The maximum atomic E-state index is 12.1. The Balaban J connectivity index is 1.49. The highest BCUT2D eigenvalue weighted by molar-refractivity contribution is 6.04. The molecule has 1 aliphatic heterocycles. The molecule has 0 saturated carbocycles. The van der Waals surface area contributed by atoms with Gasteiger partial charge < -0.3 is 5.32 Å². The lowest BCUT2D eigenvalue weighted by Crippen LogP contribution is -2.35. The number of benzene rings is 2. The molecule has 0 atom stereocenters. The van der Waals surface area contributed by atoms with Crippen LogP contribution in [0, 0.1) is 0 Å². The van der Waals surface area contributed by atoms with Crippen LogP contribution in [0.4, 0.5) is 5.69 Å². The van der Waals surface area contributed by atoms with Gasteiger partial charge >= 0.3 is 0 Å². The first-order valence-corrected chi connectivity index (χ1v) is 7.86. The van der Waals surface area contributed by atoms with Crippen LogP contribution in [0.5, 0.6) is 0 Å². The summed E-state index contributed by atoms with van der Waals surface area (Å²) in [4.78, 5) is 26.1. The average Bonchev–Trinajstić information content (AvgIpc) is 2.55. The number of nitrogens with zero attached hydrogens (tertiary/aromatic N) is 1. The highest BCUT2D eigenvalue weighted by atomic mass is 16.2. The summed E-state index contributed by atoms with van der Waals surface area (Å²) >= 11 is 0. The molecule has 0 radical (unpaired) electrons. The summed E-state index contributed by atoms with van der Waals surface area (Å²) in [6, 6.07) is 17.5. The van der Waals surface area contributed by atoms with Gasteiger partial charge in [0.15, 0.2) is 5.78 Å². The van der Waals surface area contributed by atoms with Crippen LogP contribution in [-0.2, 0) is 22.6 Å². The molecular formula is C19H20N2O2. The molecule has 0 unspecified atom stereocenters. The number of para-hydroxylation sites is 1. The van der Waals surface area contributed by atoms with Gasteiger partial charge in [0.25, 0.3) is 0 Å². The lowest BCUT2D eigenvalue weighted by molar-refractivity contribution is -0.126. The van der Waals surface area contributed by atoms with Gasteiger partial charge in [-0.3, -0.25) is 14.5 Å². The first kappa shape index (κ1) is 15.4. The van der Waals surface area contributed by atoms with Gasteiger partial charge in [-0.1, -0.05) is 42.5 Å². The van der Waals surface area contributed by atoms with E-state index in [1.54, 1.807) is 0 Å². The van der Waals surface area contributed by atoms with Gasteiger partial charge in [-0.25, -0.2) is 0 Å². The molecule has 118 valence electrons. The van der Waals surface area contributed by atoms with Crippen LogP contribution in [0.25, 0.3) is 0 Å². The van der Waals surface area contributed by atoms with E-state index in [1.807, 2.05) is 42.5 Å². The fraction of sp³-hybridized carbons (Fsp3) is 0.263. The largest absolute Gasteiger partial charge is 0.326 e. The lowest BCUT2D eigenvalue weighted by Gasteiger charge is -2.27. The summed E-state index contributed by atoms with van der Waals surface area (Å²) < 4.78 is 0. The summed E-state index contributed by atoms with van der Waals surface area (Å²) in [6.07, 6.45) is 0.882. The predicted molar refractivity (Wildman–Crippen MR) is 90.1 cm³/mol. The van der Waals surface area contributed by atoms with Gasteiger partial charge in [0.2, 0.25) is 5.91 Å². The van der Waals surface area contributed by atoms with Crippen LogP contribution in [0.1, 0.15) is 17.5 Å². The fourth-order valence-corrected chi connectivity index (χ4v) is 2.90. The standard InChI is InChI=1S/C19H20N2O2/c22-18(12-19(23)20-17-8-2-1-3-9-17)14-21-11-10-15-6-4-5-7-16(15)13-21/h1-9H,10-14H2,(H,20,23). The molecule has 2 aromatic carbocycles. The Labute approximate surface area is 136 Å². The number of hydrogen-bond acceptors (Lipinski definition) is 3. The topological polar surface area (TPSA) is 49.4 Å². The van der Waals surface area contributed by atoms with Crippen LogP contribution in [-0.4, -0.2) is 29.7 Å². The first-order chi connectivity index (χ1) is 11.2. The van der Waals surface area contributed by atoms with E-state index in [-0.39, 0.29) is 18.1 Å². The van der Waals surface area contributed by atoms with E-state index in [1.165, 1.54) is 11.1 Å². The van der Waals surface area contributed by atoms with E-state index in [0.717, 1.165) is 25.2 Å². The van der Waals surface area contributed by atoms with Gasteiger partial charge in [-0.15, -0.1) is 0 Å². The molecule has 2 aromatic rings. The van der Waals surface area contributed by atoms with E-state index in [0.29, 0.717) is 6.54 Å². The molecule has 1 N–H and O–H groups in total. The van der Waals surface area contributed by atoms with Crippen molar-refractivity contribution in [1.82, 2.24) is 4.90 Å². The van der Waals surface area contributed by atoms with Crippen molar-refractivity contribution < 1.29 is 9.59 Å². The van der Waals surface area contributed by atoms with Crippen molar-refractivity contribution in [2.45, 2.75) is 19.4 Å². The number of amides is 1. The van der Waals surface area contributed by atoms with E-state index >= 15 is 0 Å². The van der Waals surface area contributed by atoms with Crippen molar-refractivity contribution in [1.29, 1.82) is 0 Å². The molecular weight excluding hydrogens is 288 g/mol. The maximum absolute atomic E-state index is 12.1. The number of carbonyl (C=O) groups excluding carboxylic acids is 2. The van der Waals surface area contributed by atoms with Gasteiger partial charge in [-0.05, 0) is 29.7 Å². The molecule has 1 heterocycles. The van der Waals surface area contributed by atoms with Crippen molar-refractivity contribution in [3.8, 4) is 0 Å². The van der Waals surface area contributed by atoms with Crippen molar-refractivity contribution in [3.05, 3.63) is 65.7 Å². The Kier molecular flexibility index (Phi) is 4.83. The molecule has 4 nitrogen and oxygen atoms in total. The number of fused-ring (bicyclic) bond motifs is 1. The second-order valence-corrected chi connectivity index (χ2v) is 5.86. The van der Waals surface area contributed by atoms with Crippen LogP contribution in [0.2, 0.25) is 0 Å². The molecule has 0 aromatic heterocycles. The predicted octanol–water partition coefficient (Wildman–Crippen LogP) is 2.64. The van der Waals surface area contributed by atoms with E-state index in [2.05, 4.69) is 22.3 Å². The molecule has 0 bridgehead atoms. The number of ketones is 1. The Hall–Kier alpha value is -2.46. The number of hydrogen-bond donors (Lipinski definition) is 1. The first-order valence-electron chi connectivity index (χ1n) is 7.86. The van der Waals surface area contributed by atoms with Crippen LogP contribution < -0.4 is 5.32 Å². The summed E-state index contributed by atoms with van der Waals surface area (Å²) in [5.41, 5.74) is 3.36. The Morgan fingerprint density at radius 1 is 0.957 bits per heavy atom. The Bertz CT molecular complexity index is 698.